The van der Waals surface area contributed by atoms with Crippen LogP contribution in [0.4, 0.5) is 0 Å². The number of methoxy groups -OCH3 is 2. The van der Waals surface area contributed by atoms with E-state index in [2.05, 4.69) is 9.97 Å². The van der Waals surface area contributed by atoms with Gasteiger partial charge in [0.05, 0.1) is 17.8 Å². The molecule has 2 aromatic rings. The highest BCUT2D eigenvalue weighted by Gasteiger charge is 2.12. The average molecular weight is 411 g/mol. The molecule has 1 heterocycles. The molecule has 0 fully saturated rings. The highest BCUT2D eigenvalue weighted by atomic mass is 127. The Kier molecular flexibility index (Phi) is 4.70. The predicted molar refractivity (Wildman–Crippen MR) is 83.3 cm³/mol. The van der Waals surface area contributed by atoms with Crippen molar-refractivity contribution in [2.75, 3.05) is 14.2 Å². The molecule has 0 bridgehead atoms. The molecule has 0 spiro atoms. The molecule has 0 aliphatic rings. The lowest BCUT2D eigenvalue weighted by Gasteiger charge is -2.09. The molecule has 0 saturated carbocycles. The maximum Gasteiger partial charge on any atom is 0.162 e. The molecule has 1 aromatic carbocycles. The molecule has 0 atom stereocenters. The van der Waals surface area contributed by atoms with Crippen molar-refractivity contribution in [3.63, 3.8) is 0 Å². The Labute approximate surface area is 134 Å². The van der Waals surface area contributed by atoms with Crippen molar-refractivity contribution in [3.8, 4) is 22.9 Å². The summed E-state index contributed by atoms with van der Waals surface area (Å²) in [5.74, 6) is 1.67. The van der Waals surface area contributed by atoms with Crippen LogP contribution in [0.25, 0.3) is 11.4 Å². The van der Waals surface area contributed by atoms with Gasteiger partial charge in [-0.2, -0.15) is 0 Å². The monoisotopic (exact) mass is 410 g/mol. The third-order valence-electron chi connectivity index (χ3n) is 2.41. The lowest BCUT2D eigenvalue weighted by Crippen LogP contribution is -1.95. The fraction of sp³-hybridized carbons (Fsp3) is 0.167. The van der Waals surface area contributed by atoms with Gasteiger partial charge in [0.1, 0.15) is 10.3 Å². The highest BCUT2D eigenvalue weighted by Crippen LogP contribution is 2.33. The van der Waals surface area contributed by atoms with Crippen LogP contribution in [0.15, 0.2) is 18.2 Å². The Hall–Kier alpha value is -0.790. The number of hydrogen-bond donors (Lipinski definition) is 0. The first kappa shape index (κ1) is 14.6. The summed E-state index contributed by atoms with van der Waals surface area (Å²) in [5, 5.41) is 0.649. The molecule has 0 N–H and O–H groups in total. The summed E-state index contributed by atoms with van der Waals surface area (Å²) in [7, 11) is 3.14. The molecule has 0 aliphatic carbocycles. The van der Waals surface area contributed by atoms with Crippen molar-refractivity contribution in [3.05, 3.63) is 32.1 Å². The van der Waals surface area contributed by atoms with Gasteiger partial charge in [0, 0.05) is 5.56 Å². The van der Waals surface area contributed by atoms with E-state index in [-0.39, 0.29) is 0 Å². The molecule has 0 aliphatic heterocycles. The first-order valence-electron chi connectivity index (χ1n) is 5.17. The summed E-state index contributed by atoms with van der Waals surface area (Å²) in [6.07, 6.45) is 0. The van der Waals surface area contributed by atoms with Crippen LogP contribution < -0.4 is 9.47 Å². The second-order valence-corrected chi connectivity index (χ2v) is 5.31. The van der Waals surface area contributed by atoms with Crippen molar-refractivity contribution in [2.45, 2.75) is 0 Å². The zero-order chi connectivity index (χ0) is 14.0. The normalized spacial score (nSPS) is 10.4. The number of aromatic nitrogens is 2. The molecule has 0 radical (unpaired) electrons. The fourth-order valence-corrected chi connectivity index (χ4v) is 2.13. The molecule has 1 aromatic heterocycles. The first-order chi connectivity index (χ1) is 9.06. The van der Waals surface area contributed by atoms with Crippen LogP contribution in [0.3, 0.4) is 0 Å². The van der Waals surface area contributed by atoms with Crippen molar-refractivity contribution in [1.82, 2.24) is 9.97 Å². The van der Waals surface area contributed by atoms with Crippen LogP contribution in [0.5, 0.6) is 11.5 Å². The van der Waals surface area contributed by atoms with Crippen LogP contribution in [0.2, 0.25) is 10.3 Å². The SMILES string of the molecule is COc1ccc(-c2nc(Cl)c(I)c(Cl)n2)cc1OC. The third kappa shape index (κ3) is 3.04. The van der Waals surface area contributed by atoms with Gasteiger partial charge in [0.15, 0.2) is 17.3 Å². The summed E-state index contributed by atoms with van der Waals surface area (Å²) < 4.78 is 11.0. The number of halogens is 3. The topological polar surface area (TPSA) is 44.2 Å². The number of hydrogen-bond acceptors (Lipinski definition) is 4. The Morgan fingerprint density at radius 1 is 1.00 bits per heavy atom. The van der Waals surface area contributed by atoms with E-state index >= 15 is 0 Å². The van der Waals surface area contributed by atoms with Crippen molar-refractivity contribution in [1.29, 1.82) is 0 Å². The number of nitrogens with zero attached hydrogens (tertiary/aromatic N) is 2. The molecule has 0 saturated heterocycles. The third-order valence-corrected chi connectivity index (χ3v) is 4.62. The Morgan fingerprint density at radius 3 is 2.11 bits per heavy atom. The van der Waals surface area contributed by atoms with Gasteiger partial charge in [0.2, 0.25) is 0 Å². The fourth-order valence-electron chi connectivity index (χ4n) is 1.50. The lowest BCUT2D eigenvalue weighted by atomic mass is 10.2. The minimum absolute atomic E-state index is 0.324. The van der Waals surface area contributed by atoms with E-state index in [1.165, 1.54) is 0 Å². The summed E-state index contributed by atoms with van der Waals surface area (Å²) in [5.41, 5.74) is 0.748. The summed E-state index contributed by atoms with van der Waals surface area (Å²) in [6, 6.07) is 5.36. The Bertz CT molecular complexity index is 600. The molecule has 0 amide bonds. The zero-order valence-corrected chi connectivity index (χ0v) is 13.7. The highest BCUT2D eigenvalue weighted by molar-refractivity contribution is 14.1. The summed E-state index contributed by atoms with van der Waals surface area (Å²) in [4.78, 5) is 8.40. The average Bonchev–Trinajstić information content (AvgIpc) is 2.43. The van der Waals surface area contributed by atoms with E-state index in [4.69, 9.17) is 32.7 Å². The van der Waals surface area contributed by atoms with Gasteiger partial charge in [-0.25, -0.2) is 9.97 Å². The maximum atomic E-state index is 6.00. The van der Waals surface area contributed by atoms with E-state index in [1.807, 2.05) is 28.7 Å². The van der Waals surface area contributed by atoms with Crippen molar-refractivity contribution in [2.24, 2.45) is 0 Å². The van der Waals surface area contributed by atoms with Crippen LogP contribution in [0, 0.1) is 3.57 Å². The zero-order valence-electron chi connectivity index (χ0n) is 10.1. The van der Waals surface area contributed by atoms with Gasteiger partial charge >= 0.3 is 0 Å². The smallest absolute Gasteiger partial charge is 0.162 e. The second-order valence-electron chi connectivity index (χ2n) is 3.51. The van der Waals surface area contributed by atoms with Crippen molar-refractivity contribution < 1.29 is 9.47 Å². The van der Waals surface area contributed by atoms with E-state index < -0.39 is 0 Å². The minimum atomic E-state index is 0.324. The molecule has 7 heteroatoms. The molecule has 4 nitrogen and oxygen atoms in total. The first-order valence-corrected chi connectivity index (χ1v) is 7.01. The van der Waals surface area contributed by atoms with E-state index in [1.54, 1.807) is 26.4 Å². The van der Waals surface area contributed by atoms with Gasteiger partial charge in [0.25, 0.3) is 0 Å². The van der Waals surface area contributed by atoms with Gasteiger partial charge in [-0.05, 0) is 40.8 Å². The van der Waals surface area contributed by atoms with Crippen molar-refractivity contribution >= 4 is 45.8 Å². The van der Waals surface area contributed by atoms with Crippen LogP contribution >= 0.6 is 45.8 Å². The predicted octanol–water partition coefficient (Wildman–Crippen LogP) is 4.07. The summed E-state index contributed by atoms with van der Waals surface area (Å²) in [6.45, 7) is 0. The molecule has 19 heavy (non-hydrogen) atoms. The Morgan fingerprint density at radius 2 is 1.58 bits per heavy atom. The summed E-state index contributed by atoms with van der Waals surface area (Å²) >= 11 is 14.0. The lowest BCUT2D eigenvalue weighted by molar-refractivity contribution is 0.355. The van der Waals surface area contributed by atoms with Gasteiger partial charge < -0.3 is 9.47 Å². The van der Waals surface area contributed by atoms with E-state index in [0.29, 0.717) is 31.2 Å². The molecule has 0 unspecified atom stereocenters. The van der Waals surface area contributed by atoms with Crippen LogP contribution in [0.1, 0.15) is 0 Å². The van der Waals surface area contributed by atoms with Crippen LogP contribution in [-0.2, 0) is 0 Å². The number of ether oxygens (including phenoxy) is 2. The maximum absolute atomic E-state index is 6.00. The van der Waals surface area contributed by atoms with Gasteiger partial charge in [-0.15, -0.1) is 0 Å². The molecular formula is C12H9Cl2IN2O2. The van der Waals surface area contributed by atoms with E-state index in [9.17, 15) is 0 Å². The van der Waals surface area contributed by atoms with Gasteiger partial charge in [-0.1, -0.05) is 23.2 Å². The minimum Gasteiger partial charge on any atom is -0.493 e. The molecule has 100 valence electrons. The van der Waals surface area contributed by atoms with E-state index in [0.717, 1.165) is 5.56 Å². The number of benzene rings is 1. The van der Waals surface area contributed by atoms with Gasteiger partial charge in [-0.3, -0.25) is 0 Å². The molecule has 2 rings (SSSR count). The van der Waals surface area contributed by atoms with Crippen LogP contribution in [-0.4, -0.2) is 24.2 Å². The largest absolute Gasteiger partial charge is 0.493 e. The molecular weight excluding hydrogens is 402 g/mol. The standard InChI is InChI=1S/C12H9Cl2IN2O2/c1-18-7-4-3-6(5-8(7)19-2)12-16-10(13)9(15)11(14)17-12/h3-5H,1-2H3. The quantitative estimate of drug-likeness (QED) is 0.565. The second kappa shape index (κ2) is 6.11. The number of rotatable bonds is 3. The Balaban J connectivity index is 2.53.